The molecule has 88 valence electrons. The Kier molecular flexibility index (Phi) is 6.81. The minimum absolute atomic E-state index is 0.174. The maximum Gasteiger partial charge on any atom is 0.0897 e. The van der Waals surface area contributed by atoms with Crippen LogP contribution >= 0.6 is 22.9 Å². The maximum atomic E-state index is 12.2. The maximum absolute atomic E-state index is 12.2. The minimum atomic E-state index is -0.174. The highest BCUT2D eigenvalue weighted by atomic mass is 127. The van der Waals surface area contributed by atoms with Gasteiger partial charge in [0.15, 0.2) is 0 Å². The number of allylic oxidation sites excluding steroid dienone is 2. The first-order valence-electron chi connectivity index (χ1n) is 5.93. The quantitative estimate of drug-likeness (QED) is 0.417. The Bertz CT molecular complexity index is 198. The lowest BCUT2D eigenvalue weighted by molar-refractivity contribution is 0.331. The lowest BCUT2D eigenvalue weighted by atomic mass is 9.87. The average Bonchev–Trinajstić information content (AvgIpc) is 2.25. The van der Waals surface area contributed by atoms with Crippen LogP contribution in [0.3, 0.4) is 0 Å². The zero-order valence-electron chi connectivity index (χ0n) is 9.51. The number of alkyl halides is 1. The van der Waals surface area contributed by atoms with E-state index < -0.39 is 0 Å². The molecule has 3 heteroatoms. The fraction of sp³-hybridized carbons (Fsp3) is 0.833. The minimum Gasteiger partial charge on any atom is -0.251 e. The van der Waals surface area contributed by atoms with E-state index in [9.17, 15) is 4.39 Å². The first-order chi connectivity index (χ1) is 7.27. The summed E-state index contributed by atoms with van der Waals surface area (Å²) in [5.74, 6) is 0.725. The van der Waals surface area contributed by atoms with Gasteiger partial charge in [0.25, 0.3) is 0 Å². The number of hydrogen-bond acceptors (Lipinski definition) is 1. The summed E-state index contributed by atoms with van der Waals surface area (Å²) >= 11 is 2.39. The molecule has 1 heterocycles. The lowest BCUT2D eigenvalue weighted by Crippen LogP contribution is -2.26. The summed E-state index contributed by atoms with van der Waals surface area (Å²) in [7, 11) is 0. The van der Waals surface area contributed by atoms with E-state index in [4.69, 9.17) is 0 Å². The van der Waals surface area contributed by atoms with Crippen molar-refractivity contribution >= 4 is 22.9 Å². The third-order valence-electron chi connectivity index (χ3n) is 3.03. The van der Waals surface area contributed by atoms with Crippen LogP contribution in [-0.2, 0) is 0 Å². The Morgan fingerprint density at radius 3 is 2.67 bits per heavy atom. The van der Waals surface area contributed by atoms with Gasteiger partial charge in [0.1, 0.15) is 0 Å². The van der Waals surface area contributed by atoms with E-state index in [1.165, 1.54) is 31.5 Å². The molecule has 0 unspecified atom stereocenters. The van der Waals surface area contributed by atoms with Crippen molar-refractivity contribution in [1.82, 2.24) is 3.11 Å². The van der Waals surface area contributed by atoms with Crippen LogP contribution < -0.4 is 0 Å². The molecule has 0 aliphatic carbocycles. The highest BCUT2D eigenvalue weighted by Gasteiger charge is 2.20. The summed E-state index contributed by atoms with van der Waals surface area (Å²) < 4.78 is 14.5. The van der Waals surface area contributed by atoms with Crippen molar-refractivity contribution in [3.63, 3.8) is 0 Å². The topological polar surface area (TPSA) is 3.24 Å². The molecular weight excluding hydrogens is 304 g/mol. The summed E-state index contributed by atoms with van der Waals surface area (Å²) in [6.45, 7) is 4.36. The van der Waals surface area contributed by atoms with Crippen LogP contribution in [0.15, 0.2) is 11.6 Å². The summed E-state index contributed by atoms with van der Waals surface area (Å²) in [4.78, 5) is 0. The van der Waals surface area contributed by atoms with Gasteiger partial charge < -0.3 is 0 Å². The molecule has 0 spiro atoms. The van der Waals surface area contributed by atoms with Gasteiger partial charge in [-0.2, -0.15) is 0 Å². The summed E-state index contributed by atoms with van der Waals surface area (Å²) in [6, 6.07) is 0. The number of hydrogen-bond donors (Lipinski definition) is 0. The summed E-state index contributed by atoms with van der Waals surface area (Å²) in [6.07, 6.45) is 7.59. The second-order valence-electron chi connectivity index (χ2n) is 4.16. The molecule has 0 bridgehead atoms. The van der Waals surface area contributed by atoms with Crippen LogP contribution in [0, 0.1) is 5.92 Å². The Balaban J connectivity index is 2.45. The SMILES string of the molecule is CC/C=C(\CCCF)C1CCN(I)CC1. The van der Waals surface area contributed by atoms with Gasteiger partial charge in [-0.1, -0.05) is 18.6 Å². The molecule has 0 radical (unpaired) electrons. The highest BCUT2D eigenvalue weighted by Crippen LogP contribution is 2.29. The predicted molar refractivity (Wildman–Crippen MR) is 71.9 cm³/mol. The van der Waals surface area contributed by atoms with Crippen LogP contribution in [0.2, 0.25) is 0 Å². The third-order valence-corrected chi connectivity index (χ3v) is 4.00. The molecule has 0 amide bonds. The number of nitrogens with zero attached hydrogens (tertiary/aromatic N) is 1. The van der Waals surface area contributed by atoms with Crippen LogP contribution in [0.4, 0.5) is 4.39 Å². The summed E-state index contributed by atoms with van der Waals surface area (Å²) in [5, 5.41) is 0. The van der Waals surface area contributed by atoms with Gasteiger partial charge in [0.2, 0.25) is 0 Å². The van der Waals surface area contributed by atoms with Crippen LogP contribution in [0.25, 0.3) is 0 Å². The Labute approximate surface area is 107 Å². The van der Waals surface area contributed by atoms with E-state index in [2.05, 4.69) is 39.0 Å². The largest absolute Gasteiger partial charge is 0.251 e. The monoisotopic (exact) mass is 325 g/mol. The van der Waals surface area contributed by atoms with Crippen molar-refractivity contribution in [1.29, 1.82) is 0 Å². The van der Waals surface area contributed by atoms with Crippen molar-refractivity contribution in [2.24, 2.45) is 5.92 Å². The van der Waals surface area contributed by atoms with Gasteiger partial charge in [0.05, 0.1) is 6.67 Å². The molecule has 1 rings (SSSR count). The molecule has 0 aromatic heterocycles. The first-order valence-corrected chi connectivity index (χ1v) is 6.90. The molecule has 0 N–H and O–H groups in total. The fourth-order valence-electron chi connectivity index (χ4n) is 2.22. The molecule has 1 aliphatic rings. The average molecular weight is 325 g/mol. The van der Waals surface area contributed by atoms with Crippen molar-refractivity contribution in [2.45, 2.75) is 39.0 Å². The third kappa shape index (κ3) is 4.81. The van der Waals surface area contributed by atoms with Crippen molar-refractivity contribution in [3.05, 3.63) is 11.6 Å². The van der Waals surface area contributed by atoms with Crippen molar-refractivity contribution < 1.29 is 4.39 Å². The molecular formula is C12H21FIN. The van der Waals surface area contributed by atoms with E-state index in [-0.39, 0.29) is 6.67 Å². The number of piperidine rings is 1. The van der Waals surface area contributed by atoms with Crippen LogP contribution in [-0.4, -0.2) is 22.9 Å². The number of rotatable bonds is 5. The second kappa shape index (κ2) is 7.60. The van der Waals surface area contributed by atoms with Crippen molar-refractivity contribution in [2.75, 3.05) is 19.8 Å². The standard InChI is InChI=1S/C12H21FIN/c1-2-4-11(5-3-8-13)12-6-9-15(14)10-7-12/h4,12H,2-3,5-10H2,1H3/b11-4+. The molecule has 0 atom stereocenters. The molecule has 0 aromatic carbocycles. The fourth-order valence-corrected chi connectivity index (χ4v) is 2.78. The van der Waals surface area contributed by atoms with Gasteiger partial charge in [-0.3, -0.25) is 4.39 Å². The predicted octanol–water partition coefficient (Wildman–Crippen LogP) is 4.13. The van der Waals surface area contributed by atoms with Gasteiger partial charge in [0, 0.05) is 36.0 Å². The Morgan fingerprint density at radius 2 is 2.13 bits per heavy atom. The van der Waals surface area contributed by atoms with Gasteiger partial charge in [-0.05, 0) is 38.0 Å². The van der Waals surface area contributed by atoms with Crippen molar-refractivity contribution in [3.8, 4) is 0 Å². The van der Waals surface area contributed by atoms with Gasteiger partial charge >= 0.3 is 0 Å². The number of halogens is 2. The smallest absolute Gasteiger partial charge is 0.0897 e. The molecule has 0 saturated carbocycles. The molecule has 1 nitrogen and oxygen atoms in total. The lowest BCUT2D eigenvalue weighted by Gasteiger charge is -2.29. The zero-order chi connectivity index (χ0) is 11.1. The molecule has 1 saturated heterocycles. The summed E-state index contributed by atoms with van der Waals surface area (Å²) in [5.41, 5.74) is 1.51. The molecule has 1 fully saturated rings. The van der Waals surface area contributed by atoms with Crippen LogP contribution in [0.5, 0.6) is 0 Å². The van der Waals surface area contributed by atoms with E-state index >= 15 is 0 Å². The normalized spacial score (nSPS) is 20.9. The van der Waals surface area contributed by atoms with E-state index in [1.54, 1.807) is 0 Å². The zero-order valence-corrected chi connectivity index (χ0v) is 11.7. The van der Waals surface area contributed by atoms with Gasteiger partial charge in [-0.15, -0.1) is 0 Å². The van der Waals surface area contributed by atoms with Crippen LogP contribution in [0.1, 0.15) is 39.0 Å². The Morgan fingerprint density at radius 1 is 1.47 bits per heavy atom. The van der Waals surface area contributed by atoms with E-state index in [1.807, 2.05) is 0 Å². The first kappa shape index (κ1) is 13.4. The van der Waals surface area contributed by atoms with Gasteiger partial charge in [-0.25, -0.2) is 3.11 Å². The highest BCUT2D eigenvalue weighted by molar-refractivity contribution is 14.1. The molecule has 15 heavy (non-hydrogen) atoms. The Hall–Kier alpha value is 0.360. The molecule has 1 aliphatic heterocycles. The molecule has 0 aromatic rings. The van der Waals surface area contributed by atoms with E-state index in [0.29, 0.717) is 6.42 Å². The van der Waals surface area contributed by atoms with E-state index in [0.717, 1.165) is 18.8 Å². The second-order valence-corrected chi connectivity index (χ2v) is 5.53.